The lowest BCUT2D eigenvalue weighted by Crippen LogP contribution is -2.64. The molecule has 3 heterocycles. The van der Waals surface area contributed by atoms with Crippen LogP contribution in [-0.4, -0.2) is 83.2 Å². The van der Waals surface area contributed by atoms with Gasteiger partial charge in [-0.3, -0.25) is 20.3 Å². The zero-order chi connectivity index (χ0) is 20.8. The van der Waals surface area contributed by atoms with Crippen LogP contribution in [0.5, 0.6) is 0 Å². The first-order valence-corrected chi connectivity index (χ1v) is 10.9. The molecule has 3 saturated heterocycles. The van der Waals surface area contributed by atoms with Gasteiger partial charge in [-0.15, -0.1) is 0 Å². The van der Waals surface area contributed by atoms with Crippen molar-refractivity contribution in [2.24, 2.45) is 23.3 Å². The van der Waals surface area contributed by atoms with Crippen LogP contribution in [0.25, 0.3) is 0 Å². The number of likely N-dealkylation sites (tertiary alicyclic amines) is 1. The number of aliphatic hydroxyl groups is 2. The van der Waals surface area contributed by atoms with Crippen LogP contribution in [0, 0.1) is 11.8 Å². The molecule has 0 aromatic carbocycles. The second kappa shape index (κ2) is 8.35. The van der Waals surface area contributed by atoms with Gasteiger partial charge in [-0.25, -0.2) is 0 Å². The lowest BCUT2D eigenvalue weighted by atomic mass is 9.85. The third-order valence-corrected chi connectivity index (χ3v) is 7.30. The number of nitrogens with zero attached hydrogens (tertiary/aromatic N) is 1. The molecule has 0 spiro atoms. The van der Waals surface area contributed by atoms with Crippen molar-refractivity contribution in [3.63, 3.8) is 0 Å². The molecule has 0 aromatic rings. The number of aliphatic hydroxyl groups excluding tert-OH is 1. The smallest absolute Gasteiger partial charge is 0.252 e. The van der Waals surface area contributed by atoms with Crippen molar-refractivity contribution in [2.75, 3.05) is 19.8 Å². The fourth-order valence-corrected chi connectivity index (χ4v) is 5.50. The van der Waals surface area contributed by atoms with E-state index >= 15 is 0 Å². The maximum atomic E-state index is 13.0. The van der Waals surface area contributed by atoms with E-state index in [0.29, 0.717) is 25.7 Å². The van der Waals surface area contributed by atoms with E-state index in [2.05, 4.69) is 16.0 Å². The molecule has 1 saturated carbocycles. The molecule has 10 nitrogen and oxygen atoms in total. The maximum absolute atomic E-state index is 13.0. The molecule has 4 fully saturated rings. The third-order valence-electron chi connectivity index (χ3n) is 7.30. The molecule has 9 N–H and O–H groups in total. The summed E-state index contributed by atoms with van der Waals surface area (Å²) in [6, 6.07) is 0.0284. The normalized spacial score (nSPS) is 48.4. The van der Waals surface area contributed by atoms with Crippen LogP contribution >= 0.6 is 0 Å². The minimum atomic E-state index is -1.68. The number of ether oxygens (including phenoxy) is 1. The molecular formula is C19H36N6O4. The highest BCUT2D eigenvalue weighted by molar-refractivity contribution is 5.83. The van der Waals surface area contributed by atoms with Gasteiger partial charge in [-0.2, -0.15) is 0 Å². The Morgan fingerprint density at radius 2 is 2.14 bits per heavy atom. The van der Waals surface area contributed by atoms with E-state index in [-0.39, 0.29) is 30.2 Å². The Labute approximate surface area is 171 Å². The van der Waals surface area contributed by atoms with E-state index in [9.17, 15) is 15.0 Å². The predicted molar refractivity (Wildman–Crippen MR) is 106 cm³/mol. The number of nitrogens with one attached hydrogen (secondary N) is 3. The van der Waals surface area contributed by atoms with Crippen molar-refractivity contribution in [2.45, 2.75) is 81.4 Å². The molecule has 166 valence electrons. The van der Waals surface area contributed by atoms with E-state index in [1.165, 1.54) is 6.92 Å². The average molecular weight is 413 g/mol. The van der Waals surface area contributed by atoms with Gasteiger partial charge < -0.3 is 31.7 Å². The number of carbonyl (C=O) groups excluding carboxylic acids is 1. The molecule has 3 aliphatic heterocycles. The van der Waals surface area contributed by atoms with Crippen molar-refractivity contribution >= 4 is 5.91 Å². The zero-order valence-electron chi connectivity index (χ0n) is 17.1. The molecule has 9 atom stereocenters. The summed E-state index contributed by atoms with van der Waals surface area (Å²) in [4.78, 5) is 15.0. The fourth-order valence-electron chi connectivity index (χ4n) is 5.50. The highest BCUT2D eigenvalue weighted by Crippen LogP contribution is 2.38. The molecule has 5 unspecified atom stereocenters. The zero-order valence-corrected chi connectivity index (χ0v) is 17.1. The lowest BCUT2D eigenvalue weighted by molar-refractivity contribution is -0.148. The Morgan fingerprint density at radius 3 is 2.90 bits per heavy atom. The van der Waals surface area contributed by atoms with Crippen molar-refractivity contribution in [3.8, 4) is 0 Å². The molecular weight excluding hydrogens is 376 g/mol. The molecule has 10 heteroatoms. The minimum absolute atomic E-state index is 0.0284. The van der Waals surface area contributed by atoms with Crippen molar-refractivity contribution in [1.29, 1.82) is 0 Å². The van der Waals surface area contributed by atoms with E-state index < -0.39 is 24.0 Å². The van der Waals surface area contributed by atoms with Gasteiger partial charge in [0.2, 0.25) is 0 Å². The van der Waals surface area contributed by atoms with Gasteiger partial charge in [0.05, 0.1) is 12.3 Å². The summed E-state index contributed by atoms with van der Waals surface area (Å²) < 4.78 is 6.00. The lowest BCUT2D eigenvalue weighted by Gasteiger charge is -2.39. The van der Waals surface area contributed by atoms with Crippen LogP contribution in [0.3, 0.4) is 0 Å². The Bertz CT molecular complexity index is 607. The predicted octanol–water partition coefficient (Wildman–Crippen LogP) is -2.46. The van der Waals surface area contributed by atoms with Crippen LogP contribution in [0.4, 0.5) is 0 Å². The number of carbonyl (C=O) groups is 1. The monoisotopic (exact) mass is 412 g/mol. The molecule has 0 bridgehead atoms. The van der Waals surface area contributed by atoms with Gasteiger partial charge >= 0.3 is 0 Å². The van der Waals surface area contributed by atoms with Gasteiger partial charge in [-0.05, 0) is 45.1 Å². The molecule has 4 rings (SSSR count). The van der Waals surface area contributed by atoms with Gasteiger partial charge in [0.25, 0.3) is 5.91 Å². The first-order chi connectivity index (χ1) is 13.8. The van der Waals surface area contributed by atoms with Crippen molar-refractivity contribution in [1.82, 2.24) is 20.9 Å². The van der Waals surface area contributed by atoms with Gasteiger partial charge in [-0.1, -0.05) is 6.42 Å². The minimum Gasteiger partial charge on any atom is -0.386 e. The van der Waals surface area contributed by atoms with Gasteiger partial charge in [0.1, 0.15) is 17.9 Å². The molecule has 0 radical (unpaired) electrons. The number of amides is 1. The average Bonchev–Trinajstić information content (AvgIpc) is 3.22. The summed E-state index contributed by atoms with van der Waals surface area (Å²) in [6.45, 7) is 3.32. The van der Waals surface area contributed by atoms with Crippen LogP contribution < -0.4 is 27.4 Å². The third kappa shape index (κ3) is 3.92. The van der Waals surface area contributed by atoms with Crippen LogP contribution in [0.1, 0.15) is 39.0 Å². The summed E-state index contributed by atoms with van der Waals surface area (Å²) in [5.41, 5.74) is 10.3. The SMILES string of the molecule is C[C@@]1(O)[C@@H](C(=O)NC2CCCC(CN)C2)O[C@@H](N2CCC3C(N)NCNC32)[C@@H]1O. The van der Waals surface area contributed by atoms with Crippen LogP contribution in [0.15, 0.2) is 0 Å². The van der Waals surface area contributed by atoms with Gasteiger partial charge in [0, 0.05) is 25.2 Å². The second-order valence-electron chi connectivity index (χ2n) is 9.30. The standard InChI is InChI=1S/C19H36N6O4/c1-19(28)13(26)18(25-6-5-12-15(21)22-9-23-16(12)25)29-14(19)17(27)24-11-4-2-3-10(7-11)8-20/h10-16,18,22-23,26,28H,2-9,20-21H2,1H3,(H,24,27)/t10?,11?,12?,13-,14+,15?,16?,18+,19-/m0/s1. The number of hydrogen-bond donors (Lipinski definition) is 7. The number of rotatable bonds is 4. The van der Waals surface area contributed by atoms with E-state index in [0.717, 1.165) is 32.1 Å². The fraction of sp³-hybridized carbons (Fsp3) is 0.947. The quantitative estimate of drug-likeness (QED) is 0.266. The summed E-state index contributed by atoms with van der Waals surface area (Å²) in [5, 5.41) is 31.4. The molecule has 1 amide bonds. The largest absolute Gasteiger partial charge is 0.386 e. The highest BCUT2D eigenvalue weighted by atomic mass is 16.6. The highest BCUT2D eigenvalue weighted by Gasteiger charge is 2.59. The van der Waals surface area contributed by atoms with Crippen LogP contribution in [-0.2, 0) is 9.53 Å². The van der Waals surface area contributed by atoms with E-state index in [4.69, 9.17) is 16.2 Å². The Hall–Kier alpha value is -0.850. The Kier molecular flexibility index (Phi) is 6.16. The Balaban J connectivity index is 1.43. The summed E-state index contributed by atoms with van der Waals surface area (Å²) in [7, 11) is 0. The number of nitrogens with two attached hydrogens (primary N) is 2. The molecule has 1 aliphatic carbocycles. The maximum Gasteiger partial charge on any atom is 0.252 e. The second-order valence-corrected chi connectivity index (χ2v) is 9.30. The van der Waals surface area contributed by atoms with E-state index in [1.807, 2.05) is 4.90 Å². The summed E-state index contributed by atoms with van der Waals surface area (Å²) >= 11 is 0. The first kappa shape index (κ1) is 21.4. The molecule has 4 aliphatic rings. The van der Waals surface area contributed by atoms with E-state index in [1.54, 1.807) is 0 Å². The number of fused-ring (bicyclic) bond motifs is 1. The van der Waals surface area contributed by atoms with Crippen molar-refractivity contribution < 1.29 is 19.7 Å². The van der Waals surface area contributed by atoms with Gasteiger partial charge in [0.15, 0.2) is 6.10 Å². The molecule has 0 aromatic heterocycles. The summed E-state index contributed by atoms with van der Waals surface area (Å²) in [6.07, 6.45) is 1.40. The Morgan fingerprint density at radius 1 is 1.34 bits per heavy atom. The topological polar surface area (TPSA) is 158 Å². The summed E-state index contributed by atoms with van der Waals surface area (Å²) in [5.74, 6) is 0.215. The molecule has 29 heavy (non-hydrogen) atoms. The first-order valence-electron chi connectivity index (χ1n) is 10.9. The number of hydrogen-bond acceptors (Lipinski definition) is 9. The van der Waals surface area contributed by atoms with Crippen molar-refractivity contribution in [3.05, 3.63) is 0 Å². The van der Waals surface area contributed by atoms with Crippen LogP contribution in [0.2, 0.25) is 0 Å².